The number of cyclic esters (lactones) is 2. The summed E-state index contributed by atoms with van der Waals surface area (Å²) in [7, 11) is 1.62. The molecule has 1 aromatic carbocycles. The number of hydrogen-bond donors (Lipinski definition) is 0. The quantitative estimate of drug-likeness (QED) is 0.558. The molecule has 1 heterocycles. The van der Waals surface area contributed by atoms with Crippen molar-refractivity contribution in [2.45, 2.75) is 19.3 Å². The third-order valence-electron chi connectivity index (χ3n) is 4.03. The topological polar surface area (TPSA) is 52.6 Å². The SMILES string of the molecule is COc1ccc2c(c1)C[C@H]1C(=O)OC(=O)[C@H]1[C@H]2C. The summed E-state index contributed by atoms with van der Waals surface area (Å²) in [6.07, 6.45) is 0.562. The first-order chi connectivity index (χ1) is 8.61. The predicted molar refractivity (Wildman–Crippen MR) is 63.2 cm³/mol. The highest BCUT2D eigenvalue weighted by Crippen LogP contribution is 2.44. The third kappa shape index (κ3) is 1.45. The fourth-order valence-electron chi connectivity index (χ4n) is 3.08. The van der Waals surface area contributed by atoms with Crippen LogP contribution >= 0.6 is 0 Å². The molecule has 1 aromatic rings. The summed E-state index contributed by atoms with van der Waals surface area (Å²) < 4.78 is 9.95. The standard InChI is InChI=1S/C14H14O4/c1-7-10-4-3-9(17-2)5-8(10)6-11-12(7)14(16)18-13(11)15/h3-5,7,11-12H,6H2,1-2H3/t7-,11+,12-/m0/s1. The Bertz CT molecular complexity index is 535. The van der Waals surface area contributed by atoms with Crippen molar-refractivity contribution in [2.75, 3.05) is 7.11 Å². The molecule has 1 saturated heterocycles. The van der Waals surface area contributed by atoms with Crippen molar-refractivity contribution in [3.05, 3.63) is 29.3 Å². The van der Waals surface area contributed by atoms with Crippen molar-refractivity contribution in [2.24, 2.45) is 11.8 Å². The first-order valence-corrected chi connectivity index (χ1v) is 6.04. The first kappa shape index (κ1) is 11.3. The van der Waals surface area contributed by atoms with Gasteiger partial charge in [0.1, 0.15) is 5.75 Å². The number of esters is 2. The molecule has 0 saturated carbocycles. The molecule has 1 aliphatic heterocycles. The van der Waals surface area contributed by atoms with E-state index in [9.17, 15) is 9.59 Å². The Balaban J connectivity index is 2.06. The molecule has 0 amide bonds. The average molecular weight is 246 g/mol. The Morgan fingerprint density at radius 1 is 1.28 bits per heavy atom. The molecule has 0 aromatic heterocycles. The monoisotopic (exact) mass is 246 g/mol. The van der Waals surface area contributed by atoms with E-state index in [2.05, 4.69) is 0 Å². The minimum Gasteiger partial charge on any atom is -0.497 e. The Morgan fingerprint density at radius 3 is 2.78 bits per heavy atom. The lowest BCUT2D eigenvalue weighted by atomic mass is 9.71. The molecule has 4 nitrogen and oxygen atoms in total. The molecule has 0 N–H and O–H groups in total. The van der Waals surface area contributed by atoms with Gasteiger partial charge in [-0.3, -0.25) is 9.59 Å². The van der Waals surface area contributed by atoms with E-state index in [1.165, 1.54) is 0 Å². The maximum absolute atomic E-state index is 11.7. The second-order valence-corrected chi connectivity index (χ2v) is 4.93. The summed E-state index contributed by atoms with van der Waals surface area (Å²) >= 11 is 0. The summed E-state index contributed by atoms with van der Waals surface area (Å²) in [4.78, 5) is 23.3. The van der Waals surface area contributed by atoms with Crippen LogP contribution in [0.4, 0.5) is 0 Å². The van der Waals surface area contributed by atoms with Gasteiger partial charge in [0.2, 0.25) is 0 Å². The van der Waals surface area contributed by atoms with Gasteiger partial charge in [0.05, 0.1) is 18.9 Å². The second-order valence-electron chi connectivity index (χ2n) is 4.93. The Kier molecular flexibility index (Phi) is 2.40. The van der Waals surface area contributed by atoms with Gasteiger partial charge in [-0.05, 0) is 35.6 Å². The van der Waals surface area contributed by atoms with Crippen LogP contribution in [-0.2, 0) is 20.7 Å². The lowest BCUT2D eigenvalue weighted by molar-refractivity contribution is -0.153. The number of methoxy groups -OCH3 is 1. The Morgan fingerprint density at radius 2 is 2.06 bits per heavy atom. The Hall–Kier alpha value is -1.84. The van der Waals surface area contributed by atoms with E-state index < -0.39 is 0 Å². The van der Waals surface area contributed by atoms with E-state index in [4.69, 9.17) is 9.47 Å². The van der Waals surface area contributed by atoms with Crippen molar-refractivity contribution in [3.8, 4) is 5.75 Å². The molecule has 0 unspecified atom stereocenters. The molecule has 3 atom stereocenters. The molecule has 1 aliphatic carbocycles. The van der Waals surface area contributed by atoms with Crippen molar-refractivity contribution in [1.29, 1.82) is 0 Å². The first-order valence-electron chi connectivity index (χ1n) is 6.04. The second kappa shape index (κ2) is 3.83. The average Bonchev–Trinajstić information content (AvgIpc) is 2.64. The molecule has 1 fully saturated rings. The van der Waals surface area contributed by atoms with Crippen LogP contribution in [0.15, 0.2) is 18.2 Å². The van der Waals surface area contributed by atoms with Crippen LogP contribution in [0.25, 0.3) is 0 Å². The van der Waals surface area contributed by atoms with Gasteiger partial charge in [0, 0.05) is 0 Å². The van der Waals surface area contributed by atoms with Crippen LogP contribution in [0, 0.1) is 11.8 Å². The minimum atomic E-state index is -0.384. The van der Waals surface area contributed by atoms with E-state index in [-0.39, 0.29) is 29.7 Å². The zero-order valence-corrected chi connectivity index (χ0v) is 10.3. The molecule has 2 aliphatic rings. The van der Waals surface area contributed by atoms with Gasteiger partial charge in [0.15, 0.2) is 0 Å². The predicted octanol–water partition coefficient (Wildman–Crippen LogP) is 1.67. The van der Waals surface area contributed by atoms with Crippen molar-refractivity contribution >= 4 is 11.9 Å². The lowest BCUT2D eigenvalue weighted by Crippen LogP contribution is -2.30. The minimum absolute atomic E-state index is 0.0172. The highest BCUT2D eigenvalue weighted by Gasteiger charge is 2.50. The van der Waals surface area contributed by atoms with Gasteiger partial charge in [0.25, 0.3) is 0 Å². The van der Waals surface area contributed by atoms with Crippen LogP contribution < -0.4 is 4.74 Å². The smallest absolute Gasteiger partial charge is 0.318 e. The molecular formula is C14H14O4. The molecule has 3 rings (SSSR count). The summed E-state index contributed by atoms with van der Waals surface area (Å²) in [6, 6.07) is 5.81. The normalized spacial score (nSPS) is 29.6. The molecule has 94 valence electrons. The van der Waals surface area contributed by atoms with Crippen molar-refractivity contribution < 1.29 is 19.1 Å². The molecule has 0 radical (unpaired) electrons. The maximum atomic E-state index is 11.7. The van der Waals surface area contributed by atoms with Crippen LogP contribution in [0.3, 0.4) is 0 Å². The fourth-order valence-corrected chi connectivity index (χ4v) is 3.08. The number of fused-ring (bicyclic) bond motifs is 2. The van der Waals surface area contributed by atoms with E-state index in [0.717, 1.165) is 16.9 Å². The van der Waals surface area contributed by atoms with Gasteiger partial charge in [-0.1, -0.05) is 13.0 Å². The zero-order chi connectivity index (χ0) is 12.9. The van der Waals surface area contributed by atoms with Crippen molar-refractivity contribution in [1.82, 2.24) is 0 Å². The summed E-state index contributed by atoms with van der Waals surface area (Å²) in [6.45, 7) is 1.97. The van der Waals surface area contributed by atoms with Gasteiger partial charge in [-0.15, -0.1) is 0 Å². The molecule has 4 heteroatoms. The number of carbonyl (C=O) groups excluding carboxylic acids is 2. The molecule has 0 bridgehead atoms. The number of ether oxygens (including phenoxy) is 2. The van der Waals surface area contributed by atoms with Crippen molar-refractivity contribution in [3.63, 3.8) is 0 Å². The zero-order valence-electron chi connectivity index (χ0n) is 10.3. The van der Waals surface area contributed by atoms with Crippen LogP contribution in [0.2, 0.25) is 0 Å². The van der Waals surface area contributed by atoms with Crippen LogP contribution in [0.1, 0.15) is 24.0 Å². The number of benzene rings is 1. The summed E-state index contributed by atoms with van der Waals surface area (Å²) in [5.41, 5.74) is 2.19. The van der Waals surface area contributed by atoms with Crippen LogP contribution in [-0.4, -0.2) is 19.0 Å². The fraction of sp³-hybridized carbons (Fsp3) is 0.429. The summed E-state index contributed by atoms with van der Waals surface area (Å²) in [5, 5.41) is 0. The van der Waals surface area contributed by atoms with Gasteiger partial charge in [-0.25, -0.2) is 0 Å². The summed E-state index contributed by atoms with van der Waals surface area (Å²) in [5.74, 6) is -0.615. The number of rotatable bonds is 1. The largest absolute Gasteiger partial charge is 0.497 e. The van der Waals surface area contributed by atoms with Gasteiger partial charge < -0.3 is 9.47 Å². The third-order valence-corrected chi connectivity index (χ3v) is 4.03. The van der Waals surface area contributed by atoms with E-state index in [1.54, 1.807) is 7.11 Å². The number of hydrogen-bond acceptors (Lipinski definition) is 4. The molecular weight excluding hydrogens is 232 g/mol. The van der Waals surface area contributed by atoms with E-state index in [0.29, 0.717) is 6.42 Å². The maximum Gasteiger partial charge on any atom is 0.318 e. The molecule has 0 spiro atoms. The van der Waals surface area contributed by atoms with Gasteiger partial charge in [-0.2, -0.15) is 0 Å². The highest BCUT2D eigenvalue weighted by atomic mass is 16.6. The number of carbonyl (C=O) groups is 2. The highest BCUT2D eigenvalue weighted by molar-refractivity contribution is 5.97. The lowest BCUT2D eigenvalue weighted by Gasteiger charge is -2.29. The van der Waals surface area contributed by atoms with Gasteiger partial charge >= 0.3 is 11.9 Å². The van der Waals surface area contributed by atoms with Crippen LogP contribution in [0.5, 0.6) is 5.75 Å². The molecule has 18 heavy (non-hydrogen) atoms. The van der Waals surface area contributed by atoms with E-state index >= 15 is 0 Å². The van der Waals surface area contributed by atoms with E-state index in [1.807, 2.05) is 25.1 Å². The Labute approximate surface area is 105 Å².